The van der Waals surface area contributed by atoms with E-state index >= 15 is 0 Å². The van der Waals surface area contributed by atoms with Crippen LogP contribution in [0.1, 0.15) is 0 Å². The van der Waals surface area contributed by atoms with Gasteiger partial charge in [0.25, 0.3) is 0 Å². The Labute approximate surface area is 64.8 Å². The minimum atomic E-state index is 0.100. The molecule has 2 nitrogen and oxygen atoms in total. The van der Waals surface area contributed by atoms with Crippen LogP contribution in [0.4, 0.5) is 0 Å². The SMILES string of the molecule is [O]=[Y].[O]=[Y]. The Morgan fingerprint density at radius 1 is 0.750 bits per heavy atom. The van der Waals surface area contributed by atoms with Crippen LogP contribution < -0.4 is 0 Å². The summed E-state index contributed by atoms with van der Waals surface area (Å²) in [4.78, 5) is 0. The van der Waals surface area contributed by atoms with Gasteiger partial charge < -0.3 is 0 Å². The van der Waals surface area contributed by atoms with E-state index in [9.17, 15) is 0 Å². The van der Waals surface area contributed by atoms with E-state index in [-0.39, 0.29) is 62.0 Å². The molecule has 18 valence electrons. The van der Waals surface area contributed by atoms with E-state index in [1.807, 2.05) is 0 Å². The van der Waals surface area contributed by atoms with Crippen molar-refractivity contribution in [2.45, 2.75) is 0 Å². The number of hydrogen-bond donors (Lipinski definition) is 0. The molecule has 0 bridgehead atoms. The van der Waals surface area contributed by atoms with Crippen molar-refractivity contribution in [3.63, 3.8) is 0 Å². The van der Waals surface area contributed by atoms with Crippen LogP contribution in [0, 0.1) is 0 Å². The van der Waals surface area contributed by atoms with Crippen LogP contribution in [0.5, 0.6) is 0 Å². The molecular formula is O2Y2. The molecule has 0 unspecified atom stereocenters. The van der Waals surface area contributed by atoms with Crippen LogP contribution in [0.15, 0.2) is 0 Å². The topological polar surface area (TPSA) is 34.1 Å². The molecule has 0 rings (SSSR count). The molecule has 0 aromatic heterocycles. The van der Waals surface area contributed by atoms with Gasteiger partial charge >= 0.3 is 66.1 Å². The zero-order valence-electron chi connectivity index (χ0n) is 1.97. The maximum atomic E-state index is 8.38. The summed E-state index contributed by atoms with van der Waals surface area (Å²) in [5, 5.41) is 0. The summed E-state index contributed by atoms with van der Waals surface area (Å²) in [5.74, 6) is 0. The van der Waals surface area contributed by atoms with Gasteiger partial charge in [-0.2, -0.15) is 0 Å². The summed E-state index contributed by atoms with van der Waals surface area (Å²) in [6.45, 7) is 0. The van der Waals surface area contributed by atoms with Crippen molar-refractivity contribution in [1.29, 1.82) is 0 Å². The molecular weight excluding hydrogens is 210 g/mol. The normalized spacial score (nSPS) is 3.00. The van der Waals surface area contributed by atoms with Crippen LogP contribution in [-0.4, -0.2) is 0 Å². The van der Waals surface area contributed by atoms with Crippen LogP contribution in [-0.2, 0) is 66.1 Å². The second-order valence-corrected chi connectivity index (χ2v) is 0. The van der Waals surface area contributed by atoms with Crippen LogP contribution in [0.25, 0.3) is 0 Å². The summed E-state index contributed by atoms with van der Waals surface area (Å²) in [5.41, 5.74) is 0. The van der Waals surface area contributed by atoms with Gasteiger partial charge in [0.15, 0.2) is 0 Å². The van der Waals surface area contributed by atoms with E-state index in [1.54, 1.807) is 0 Å². The van der Waals surface area contributed by atoms with Crippen LogP contribution in [0.3, 0.4) is 0 Å². The summed E-state index contributed by atoms with van der Waals surface area (Å²) in [6, 6.07) is 0. The van der Waals surface area contributed by atoms with Gasteiger partial charge in [-0.05, 0) is 0 Å². The van der Waals surface area contributed by atoms with E-state index in [0.29, 0.717) is 0 Å². The average molecular weight is 210 g/mol. The second kappa shape index (κ2) is 21.3. The Bertz CT molecular complexity index is 6.00. The first-order valence-electron chi connectivity index (χ1n) is 0.471. The molecule has 0 aromatic rings. The van der Waals surface area contributed by atoms with Crippen molar-refractivity contribution in [3.8, 4) is 0 Å². The van der Waals surface area contributed by atoms with Crippen molar-refractivity contribution < 1.29 is 66.1 Å². The first kappa shape index (κ1) is 9.26. The zero-order chi connectivity index (χ0) is 4.00. The van der Waals surface area contributed by atoms with Gasteiger partial charge in [0.2, 0.25) is 0 Å². The van der Waals surface area contributed by atoms with Gasteiger partial charge in [0.1, 0.15) is 0 Å². The molecule has 0 aliphatic carbocycles. The first-order chi connectivity index (χ1) is 2.00. The first-order valence-corrected chi connectivity index (χ1v) is 2.79. The molecule has 0 spiro atoms. The Kier molecular flexibility index (Phi) is 49.4. The Balaban J connectivity index is 0. The van der Waals surface area contributed by atoms with Gasteiger partial charge in [0, 0.05) is 0 Å². The van der Waals surface area contributed by atoms with Crippen molar-refractivity contribution in [2.24, 2.45) is 0 Å². The molecule has 0 heterocycles. The van der Waals surface area contributed by atoms with E-state index in [4.69, 9.17) is 4.09 Å². The molecule has 0 N–H and O–H groups in total. The molecule has 0 aromatic carbocycles. The molecule has 0 amide bonds. The quantitative estimate of drug-likeness (QED) is 0.552. The van der Waals surface area contributed by atoms with Gasteiger partial charge in [-0.15, -0.1) is 0 Å². The van der Waals surface area contributed by atoms with Crippen molar-refractivity contribution in [2.75, 3.05) is 0 Å². The van der Waals surface area contributed by atoms with Gasteiger partial charge in [-0.25, -0.2) is 0 Å². The molecule has 0 fully saturated rings. The summed E-state index contributed by atoms with van der Waals surface area (Å²) < 4.78 is 16.8. The Hall–Kier alpha value is 1.81. The molecule has 0 atom stereocenters. The van der Waals surface area contributed by atoms with Crippen molar-refractivity contribution in [1.82, 2.24) is 0 Å². The molecule has 0 aliphatic heterocycles. The molecule has 0 radical (unpaired) electrons. The van der Waals surface area contributed by atoms with E-state index in [2.05, 4.69) is 0 Å². The number of rotatable bonds is 0. The fraction of sp³-hybridized carbons (Fsp3) is 0. The fourth-order valence-corrected chi connectivity index (χ4v) is 0. The maximum absolute atomic E-state index is 8.38. The van der Waals surface area contributed by atoms with E-state index in [0.717, 1.165) is 0 Å². The Morgan fingerprint density at radius 2 is 0.750 bits per heavy atom. The fourth-order valence-electron chi connectivity index (χ4n) is 0. The average Bonchev–Trinajstić information content (AvgIpc) is 1.50. The van der Waals surface area contributed by atoms with Gasteiger partial charge in [0.05, 0.1) is 0 Å². The van der Waals surface area contributed by atoms with Crippen molar-refractivity contribution in [3.05, 3.63) is 0 Å². The molecule has 4 heteroatoms. The summed E-state index contributed by atoms with van der Waals surface area (Å²) in [7, 11) is 0. The van der Waals surface area contributed by atoms with Gasteiger partial charge in [-0.3, -0.25) is 0 Å². The summed E-state index contributed by atoms with van der Waals surface area (Å²) >= 11 is 0.200. The van der Waals surface area contributed by atoms with Gasteiger partial charge in [-0.1, -0.05) is 0 Å². The number of hydrogen-bond acceptors (Lipinski definition) is 2. The minimum absolute atomic E-state index is 0.100. The predicted octanol–water partition coefficient (Wildman–Crippen LogP) is -0.243. The Morgan fingerprint density at radius 3 is 0.750 bits per heavy atom. The van der Waals surface area contributed by atoms with E-state index < -0.39 is 0 Å². The molecule has 0 aliphatic rings. The second-order valence-electron chi connectivity index (χ2n) is 0. The zero-order valence-corrected chi connectivity index (χ0v) is 7.65. The van der Waals surface area contributed by atoms with Crippen LogP contribution in [0.2, 0.25) is 0 Å². The monoisotopic (exact) mass is 210 g/mol. The van der Waals surface area contributed by atoms with Crippen LogP contribution >= 0.6 is 0 Å². The third kappa shape index (κ3) is 9.19. The molecule has 0 saturated heterocycles. The molecule has 0 saturated carbocycles. The third-order valence-corrected chi connectivity index (χ3v) is 0. The van der Waals surface area contributed by atoms with Crippen molar-refractivity contribution >= 4 is 0 Å². The molecule has 4 heavy (non-hydrogen) atoms. The standard InChI is InChI=1S/2O.2Y. The third-order valence-electron chi connectivity index (χ3n) is 0. The predicted molar refractivity (Wildman–Crippen MR) is 1.37 cm³/mol. The summed E-state index contributed by atoms with van der Waals surface area (Å²) in [6.07, 6.45) is 0. The van der Waals surface area contributed by atoms with E-state index in [1.165, 1.54) is 0 Å².